The quantitative estimate of drug-likeness (QED) is 0.880. The normalized spacial score (nSPS) is 36.3. The Morgan fingerprint density at radius 3 is 2.61 bits per heavy atom. The summed E-state index contributed by atoms with van der Waals surface area (Å²) in [6.45, 7) is 6.57. The van der Waals surface area contributed by atoms with Crippen molar-refractivity contribution in [1.82, 2.24) is 0 Å². The van der Waals surface area contributed by atoms with Crippen molar-refractivity contribution >= 4 is 11.6 Å². The molecule has 2 saturated carbocycles. The maximum Gasteiger partial charge on any atom is 0.231 e. The van der Waals surface area contributed by atoms with Crippen molar-refractivity contribution in [3.63, 3.8) is 0 Å². The fraction of sp³-hybridized carbons (Fsp3) is 0.611. The average molecular weight is 317 g/mol. The number of fused-ring (bicyclic) bond motifs is 3. The number of amides is 1. The molecule has 1 heterocycles. The van der Waals surface area contributed by atoms with E-state index in [-0.39, 0.29) is 23.5 Å². The van der Waals surface area contributed by atoms with Crippen LogP contribution in [0.15, 0.2) is 18.2 Å². The zero-order valence-electron chi connectivity index (χ0n) is 13.8. The Balaban J connectivity index is 1.63. The summed E-state index contributed by atoms with van der Waals surface area (Å²) in [6.07, 6.45) is 1.82. The van der Waals surface area contributed by atoms with Crippen LogP contribution in [0.1, 0.15) is 40.0 Å². The lowest BCUT2D eigenvalue weighted by Crippen LogP contribution is -2.43. The van der Waals surface area contributed by atoms with Gasteiger partial charge in [0.2, 0.25) is 12.7 Å². The van der Waals surface area contributed by atoms with Gasteiger partial charge in [-0.25, -0.2) is 0 Å². The smallest absolute Gasteiger partial charge is 0.231 e. The van der Waals surface area contributed by atoms with Crippen LogP contribution in [-0.4, -0.2) is 23.9 Å². The lowest BCUT2D eigenvalue weighted by molar-refractivity contribution is -0.130. The third-order valence-corrected chi connectivity index (χ3v) is 7.04. The standard InChI is InChI=1S/C18H23NO4/c1-16(2)17(3)6-7-18(16,9-14(17)20)15(21)19-11-4-5-12-13(8-11)23-10-22-12/h4-5,8,14,20H,6-7,9-10H2,1-3H3,(H,19,21). The number of carbonyl (C=O) groups is 1. The largest absolute Gasteiger partial charge is 0.454 e. The fourth-order valence-corrected chi connectivity index (χ4v) is 4.86. The molecule has 3 atom stereocenters. The average Bonchev–Trinajstić information content (AvgIpc) is 3.08. The summed E-state index contributed by atoms with van der Waals surface area (Å²) < 4.78 is 10.7. The van der Waals surface area contributed by atoms with Crippen LogP contribution in [0.4, 0.5) is 5.69 Å². The van der Waals surface area contributed by atoms with Crippen molar-refractivity contribution in [1.29, 1.82) is 0 Å². The van der Waals surface area contributed by atoms with Crippen LogP contribution in [-0.2, 0) is 4.79 Å². The van der Waals surface area contributed by atoms with Crippen molar-refractivity contribution in [2.24, 2.45) is 16.2 Å². The Bertz CT molecular complexity index is 686. The first-order valence-electron chi connectivity index (χ1n) is 8.19. The summed E-state index contributed by atoms with van der Waals surface area (Å²) in [4.78, 5) is 13.1. The monoisotopic (exact) mass is 317 g/mol. The van der Waals surface area contributed by atoms with Crippen LogP contribution < -0.4 is 14.8 Å². The Morgan fingerprint density at radius 2 is 1.96 bits per heavy atom. The van der Waals surface area contributed by atoms with Crippen molar-refractivity contribution in [3.8, 4) is 11.5 Å². The molecule has 1 aromatic carbocycles. The first-order valence-corrected chi connectivity index (χ1v) is 8.19. The molecule has 4 rings (SSSR count). The zero-order chi connectivity index (χ0) is 16.5. The van der Waals surface area contributed by atoms with E-state index in [9.17, 15) is 9.90 Å². The number of carbonyl (C=O) groups excluding carboxylic acids is 1. The Labute approximate surface area is 136 Å². The van der Waals surface area contributed by atoms with Gasteiger partial charge in [-0.1, -0.05) is 20.8 Å². The molecule has 2 fully saturated rings. The van der Waals surface area contributed by atoms with Gasteiger partial charge in [0.05, 0.1) is 11.5 Å². The Morgan fingerprint density at radius 1 is 1.22 bits per heavy atom. The number of rotatable bonds is 2. The molecule has 1 amide bonds. The van der Waals surface area contributed by atoms with Crippen LogP contribution in [0.5, 0.6) is 11.5 Å². The summed E-state index contributed by atoms with van der Waals surface area (Å²) in [7, 11) is 0. The van der Waals surface area contributed by atoms with Gasteiger partial charge in [-0.15, -0.1) is 0 Å². The van der Waals surface area contributed by atoms with E-state index >= 15 is 0 Å². The molecule has 1 aromatic rings. The van der Waals surface area contributed by atoms with Gasteiger partial charge in [0.15, 0.2) is 11.5 Å². The second-order valence-electron chi connectivity index (χ2n) is 7.87. The molecule has 2 bridgehead atoms. The minimum absolute atomic E-state index is 0.00152. The number of aliphatic hydroxyl groups excluding tert-OH is 1. The second kappa shape index (κ2) is 4.41. The van der Waals surface area contributed by atoms with Crippen molar-refractivity contribution in [3.05, 3.63) is 18.2 Å². The SMILES string of the molecule is CC12CCC(C(=O)Nc3ccc4c(c3)OCO4)(CC1O)C2(C)C. The van der Waals surface area contributed by atoms with E-state index in [1.54, 1.807) is 6.07 Å². The van der Waals surface area contributed by atoms with Crippen LogP contribution in [0.3, 0.4) is 0 Å². The topological polar surface area (TPSA) is 67.8 Å². The van der Waals surface area contributed by atoms with Crippen molar-refractivity contribution < 1.29 is 19.4 Å². The fourth-order valence-electron chi connectivity index (χ4n) is 4.86. The van der Waals surface area contributed by atoms with E-state index in [4.69, 9.17) is 9.47 Å². The van der Waals surface area contributed by atoms with Gasteiger partial charge in [-0.2, -0.15) is 0 Å². The van der Waals surface area contributed by atoms with Gasteiger partial charge in [0.1, 0.15) is 0 Å². The van der Waals surface area contributed by atoms with Crippen molar-refractivity contribution in [2.45, 2.75) is 46.1 Å². The number of hydrogen-bond acceptors (Lipinski definition) is 4. The van der Waals surface area contributed by atoms with Gasteiger partial charge >= 0.3 is 0 Å². The van der Waals surface area contributed by atoms with E-state index in [0.29, 0.717) is 23.6 Å². The molecule has 0 aromatic heterocycles. The highest BCUT2D eigenvalue weighted by Crippen LogP contribution is 2.72. The summed E-state index contributed by atoms with van der Waals surface area (Å²) >= 11 is 0. The number of ether oxygens (including phenoxy) is 2. The van der Waals surface area contributed by atoms with Gasteiger partial charge in [0.25, 0.3) is 0 Å². The number of aliphatic hydroxyl groups is 1. The van der Waals surface area contributed by atoms with E-state index < -0.39 is 11.5 Å². The second-order valence-corrected chi connectivity index (χ2v) is 7.87. The predicted octanol–water partition coefficient (Wildman–Crippen LogP) is 2.93. The Hall–Kier alpha value is -1.75. The maximum atomic E-state index is 13.1. The van der Waals surface area contributed by atoms with Crippen LogP contribution in [0.25, 0.3) is 0 Å². The summed E-state index contributed by atoms with van der Waals surface area (Å²) in [5.74, 6) is 1.36. The maximum absolute atomic E-state index is 13.1. The minimum Gasteiger partial charge on any atom is -0.454 e. The third-order valence-electron chi connectivity index (χ3n) is 7.04. The zero-order valence-corrected chi connectivity index (χ0v) is 13.8. The molecule has 1 aliphatic heterocycles. The molecule has 2 aliphatic carbocycles. The molecule has 0 radical (unpaired) electrons. The first kappa shape index (κ1) is 14.8. The molecular formula is C18H23NO4. The number of benzene rings is 1. The Kier molecular flexibility index (Phi) is 2.84. The molecule has 3 unspecified atom stereocenters. The van der Waals surface area contributed by atoms with Gasteiger partial charge in [0, 0.05) is 11.8 Å². The van der Waals surface area contributed by atoms with E-state index in [0.717, 1.165) is 12.8 Å². The molecule has 5 nitrogen and oxygen atoms in total. The lowest BCUT2D eigenvalue weighted by Gasteiger charge is -2.40. The summed E-state index contributed by atoms with van der Waals surface area (Å²) in [5, 5.41) is 13.5. The van der Waals surface area contributed by atoms with E-state index in [2.05, 4.69) is 26.1 Å². The van der Waals surface area contributed by atoms with Gasteiger partial charge in [-0.3, -0.25) is 4.79 Å². The van der Waals surface area contributed by atoms with Crippen LogP contribution in [0.2, 0.25) is 0 Å². The van der Waals surface area contributed by atoms with Gasteiger partial charge in [-0.05, 0) is 42.2 Å². The number of nitrogens with one attached hydrogen (secondary N) is 1. The van der Waals surface area contributed by atoms with Gasteiger partial charge < -0.3 is 19.9 Å². The number of hydrogen-bond donors (Lipinski definition) is 2. The van der Waals surface area contributed by atoms with E-state index in [1.807, 2.05) is 12.1 Å². The van der Waals surface area contributed by atoms with E-state index in [1.165, 1.54) is 0 Å². The summed E-state index contributed by atoms with van der Waals surface area (Å²) in [6, 6.07) is 5.43. The minimum atomic E-state index is -0.516. The molecule has 124 valence electrons. The highest BCUT2D eigenvalue weighted by atomic mass is 16.7. The first-order chi connectivity index (χ1) is 10.8. The highest BCUT2D eigenvalue weighted by molar-refractivity contribution is 5.97. The van der Waals surface area contributed by atoms with Crippen LogP contribution >= 0.6 is 0 Å². The highest BCUT2D eigenvalue weighted by Gasteiger charge is 2.72. The molecule has 5 heteroatoms. The van der Waals surface area contributed by atoms with Crippen LogP contribution in [0, 0.1) is 16.2 Å². The predicted molar refractivity (Wildman–Crippen MR) is 85.4 cm³/mol. The molecule has 2 N–H and O–H groups in total. The molecule has 23 heavy (non-hydrogen) atoms. The molecule has 0 spiro atoms. The lowest BCUT2D eigenvalue weighted by atomic mass is 9.64. The molecular weight excluding hydrogens is 294 g/mol. The number of anilines is 1. The summed E-state index contributed by atoms with van der Waals surface area (Å²) in [5.41, 5.74) is -0.240. The third kappa shape index (κ3) is 1.69. The van der Waals surface area contributed by atoms with Crippen molar-refractivity contribution in [2.75, 3.05) is 12.1 Å². The molecule has 3 aliphatic rings. The molecule has 0 saturated heterocycles.